The zero-order valence-electron chi connectivity index (χ0n) is 16.6. The Balaban J connectivity index is 1.81. The number of rotatable bonds is 8. The number of anilines is 1. The van der Waals surface area contributed by atoms with Gasteiger partial charge in [0.05, 0.1) is 18.2 Å². The first-order valence-electron chi connectivity index (χ1n) is 9.60. The van der Waals surface area contributed by atoms with Crippen molar-refractivity contribution in [1.29, 1.82) is 0 Å². The van der Waals surface area contributed by atoms with Gasteiger partial charge in [0, 0.05) is 30.7 Å². The van der Waals surface area contributed by atoms with E-state index in [-0.39, 0.29) is 24.2 Å². The Morgan fingerprint density at radius 3 is 2.72 bits per heavy atom. The molecule has 0 spiro atoms. The van der Waals surface area contributed by atoms with Gasteiger partial charge in [-0.3, -0.25) is 9.59 Å². The van der Waals surface area contributed by atoms with Gasteiger partial charge in [0.1, 0.15) is 11.1 Å². The average molecular weight is 417 g/mol. The molecule has 0 aromatic heterocycles. The molecule has 2 aromatic rings. The van der Waals surface area contributed by atoms with Crippen LogP contribution in [0.5, 0.6) is 0 Å². The molecule has 0 bridgehead atoms. The fourth-order valence-corrected chi connectivity index (χ4v) is 4.53. The van der Waals surface area contributed by atoms with E-state index in [1.807, 2.05) is 24.3 Å². The van der Waals surface area contributed by atoms with Crippen LogP contribution in [0.3, 0.4) is 0 Å². The molecule has 2 aromatic carbocycles. The number of benzene rings is 2. The topological polar surface area (TPSA) is 58.6 Å². The number of methoxy groups -OCH3 is 1. The Morgan fingerprint density at radius 2 is 1.97 bits per heavy atom. The highest BCUT2D eigenvalue weighted by molar-refractivity contribution is 8.01. The lowest BCUT2D eigenvalue weighted by atomic mass is 10.0. The molecule has 1 aliphatic heterocycles. The second-order valence-electron chi connectivity index (χ2n) is 6.95. The molecule has 0 fully saturated rings. The van der Waals surface area contributed by atoms with Gasteiger partial charge >= 0.3 is 0 Å². The van der Waals surface area contributed by atoms with Gasteiger partial charge in [-0.05, 0) is 24.6 Å². The van der Waals surface area contributed by atoms with Gasteiger partial charge in [0.2, 0.25) is 11.8 Å². The van der Waals surface area contributed by atoms with Crippen LogP contribution < -0.4 is 10.2 Å². The van der Waals surface area contributed by atoms with Crippen LogP contribution in [0.2, 0.25) is 0 Å². The van der Waals surface area contributed by atoms with E-state index in [1.54, 1.807) is 37.1 Å². The van der Waals surface area contributed by atoms with Crippen LogP contribution >= 0.6 is 11.8 Å². The van der Waals surface area contributed by atoms with E-state index in [1.165, 1.54) is 17.8 Å². The number of amides is 2. The van der Waals surface area contributed by atoms with Crippen molar-refractivity contribution in [2.75, 3.05) is 25.2 Å². The maximum atomic E-state index is 14.2. The fraction of sp³-hybridized carbons (Fsp3) is 0.364. The van der Waals surface area contributed by atoms with Crippen LogP contribution in [-0.2, 0) is 20.9 Å². The number of nitrogens with zero attached hydrogens (tertiary/aromatic N) is 1. The summed E-state index contributed by atoms with van der Waals surface area (Å²) in [5.74, 6) is -1.23. The van der Waals surface area contributed by atoms with Crippen molar-refractivity contribution in [3.05, 3.63) is 59.9 Å². The normalized spacial score (nSPS) is 17.0. The number of hydrogen-bond donors (Lipinski definition) is 1. The molecule has 2 amide bonds. The summed E-state index contributed by atoms with van der Waals surface area (Å²) in [7, 11) is 1.61. The van der Waals surface area contributed by atoms with Gasteiger partial charge in [-0.2, -0.15) is 0 Å². The van der Waals surface area contributed by atoms with Gasteiger partial charge in [-0.1, -0.05) is 37.3 Å². The molecule has 1 heterocycles. The Labute approximate surface area is 174 Å². The summed E-state index contributed by atoms with van der Waals surface area (Å²) in [6.45, 7) is 2.95. The monoisotopic (exact) mass is 416 g/mol. The molecule has 0 aliphatic carbocycles. The molecule has 2 atom stereocenters. The molecule has 7 heteroatoms. The van der Waals surface area contributed by atoms with E-state index in [9.17, 15) is 14.0 Å². The predicted molar refractivity (Wildman–Crippen MR) is 112 cm³/mol. The molecule has 0 radical (unpaired) electrons. The van der Waals surface area contributed by atoms with Gasteiger partial charge in [-0.15, -0.1) is 11.8 Å². The average Bonchev–Trinajstić information content (AvgIpc) is 2.73. The Kier molecular flexibility index (Phi) is 7.28. The van der Waals surface area contributed by atoms with Crippen LogP contribution in [-0.4, -0.2) is 37.3 Å². The number of halogens is 1. The number of nitrogens with one attached hydrogen (secondary N) is 1. The van der Waals surface area contributed by atoms with Crippen LogP contribution in [0.25, 0.3) is 0 Å². The first-order chi connectivity index (χ1) is 14.0. The van der Waals surface area contributed by atoms with Crippen LogP contribution in [0, 0.1) is 11.7 Å². The number of hydrogen-bond acceptors (Lipinski definition) is 4. The number of carbonyl (C=O) groups is 2. The number of para-hydroxylation sites is 1. The SMILES string of the molecule is COCCCNC(=O)[C@H](C)[C@H]1Sc2ccccc2N(Cc2ccccc2F)C1=O. The van der Waals surface area contributed by atoms with Gasteiger partial charge in [0.25, 0.3) is 0 Å². The molecule has 154 valence electrons. The summed E-state index contributed by atoms with van der Waals surface area (Å²) in [6, 6.07) is 14.0. The zero-order chi connectivity index (χ0) is 20.8. The van der Waals surface area contributed by atoms with Crippen LogP contribution in [0.1, 0.15) is 18.9 Å². The highest BCUT2D eigenvalue weighted by atomic mass is 32.2. The van der Waals surface area contributed by atoms with Crippen molar-refractivity contribution in [3.8, 4) is 0 Å². The highest BCUT2D eigenvalue weighted by Crippen LogP contribution is 2.42. The standard InChI is InChI=1S/C22H25FN2O3S/c1-15(21(26)24-12-7-13-28-2)20-22(27)25(14-16-8-3-4-9-17(16)23)18-10-5-6-11-19(18)29-20/h3-6,8-11,15,20H,7,12-14H2,1-2H3,(H,24,26)/t15-,20-/m1/s1. The van der Waals surface area contributed by atoms with E-state index in [4.69, 9.17) is 4.74 Å². The van der Waals surface area contributed by atoms with E-state index in [0.717, 1.165) is 10.6 Å². The molecular formula is C22H25FN2O3S. The highest BCUT2D eigenvalue weighted by Gasteiger charge is 2.39. The van der Waals surface area contributed by atoms with E-state index < -0.39 is 11.2 Å². The largest absolute Gasteiger partial charge is 0.385 e. The molecule has 1 aliphatic rings. The third kappa shape index (κ3) is 4.97. The second kappa shape index (κ2) is 9.89. The molecule has 1 N–H and O–H groups in total. The first-order valence-corrected chi connectivity index (χ1v) is 10.5. The maximum absolute atomic E-state index is 14.2. The quantitative estimate of drug-likeness (QED) is 0.668. The molecule has 3 rings (SSSR count). The molecule has 0 unspecified atom stereocenters. The molecule has 29 heavy (non-hydrogen) atoms. The number of thioether (sulfide) groups is 1. The van der Waals surface area contributed by atoms with Crippen molar-refractivity contribution in [2.24, 2.45) is 5.92 Å². The second-order valence-corrected chi connectivity index (χ2v) is 8.13. The van der Waals surface area contributed by atoms with E-state index in [0.29, 0.717) is 25.1 Å². The molecule has 5 nitrogen and oxygen atoms in total. The van der Waals surface area contributed by atoms with Gasteiger partial charge in [-0.25, -0.2) is 4.39 Å². The van der Waals surface area contributed by atoms with Crippen molar-refractivity contribution in [2.45, 2.75) is 30.0 Å². The number of carbonyl (C=O) groups excluding carboxylic acids is 2. The van der Waals surface area contributed by atoms with Crippen molar-refractivity contribution in [3.63, 3.8) is 0 Å². The van der Waals surface area contributed by atoms with Crippen molar-refractivity contribution >= 4 is 29.3 Å². The Bertz CT molecular complexity index is 877. The summed E-state index contributed by atoms with van der Waals surface area (Å²) < 4.78 is 19.2. The molecular weight excluding hydrogens is 391 g/mol. The van der Waals surface area contributed by atoms with E-state index >= 15 is 0 Å². The summed E-state index contributed by atoms with van der Waals surface area (Å²) in [4.78, 5) is 28.4. The predicted octanol–water partition coefficient (Wildman–Crippen LogP) is 3.62. The fourth-order valence-electron chi connectivity index (χ4n) is 3.24. The molecule has 0 saturated carbocycles. The summed E-state index contributed by atoms with van der Waals surface area (Å²) >= 11 is 1.39. The van der Waals surface area contributed by atoms with Gasteiger partial charge < -0.3 is 15.0 Å². The van der Waals surface area contributed by atoms with E-state index in [2.05, 4.69) is 5.32 Å². The zero-order valence-corrected chi connectivity index (χ0v) is 17.4. The van der Waals surface area contributed by atoms with Crippen LogP contribution in [0.15, 0.2) is 53.4 Å². The Hall–Kier alpha value is -2.38. The number of ether oxygens (including phenoxy) is 1. The smallest absolute Gasteiger partial charge is 0.241 e. The Morgan fingerprint density at radius 1 is 1.24 bits per heavy atom. The molecule has 0 saturated heterocycles. The third-order valence-electron chi connectivity index (χ3n) is 4.90. The lowest BCUT2D eigenvalue weighted by Gasteiger charge is -2.35. The third-order valence-corrected chi connectivity index (χ3v) is 6.36. The van der Waals surface area contributed by atoms with Crippen LogP contribution in [0.4, 0.5) is 10.1 Å². The van der Waals surface area contributed by atoms with Crippen molar-refractivity contribution < 1.29 is 18.7 Å². The van der Waals surface area contributed by atoms with Crippen molar-refractivity contribution in [1.82, 2.24) is 5.32 Å². The summed E-state index contributed by atoms with van der Waals surface area (Å²) in [5.41, 5.74) is 1.19. The lowest BCUT2D eigenvalue weighted by molar-refractivity contribution is -0.128. The number of fused-ring (bicyclic) bond motifs is 1. The minimum absolute atomic E-state index is 0.127. The summed E-state index contributed by atoms with van der Waals surface area (Å²) in [6.07, 6.45) is 0.711. The maximum Gasteiger partial charge on any atom is 0.241 e. The minimum Gasteiger partial charge on any atom is -0.385 e. The minimum atomic E-state index is -0.570. The van der Waals surface area contributed by atoms with Gasteiger partial charge in [0.15, 0.2) is 0 Å². The first kappa shape index (κ1) is 21.3. The lowest BCUT2D eigenvalue weighted by Crippen LogP contribution is -2.47. The summed E-state index contributed by atoms with van der Waals surface area (Å²) in [5, 5.41) is 2.30.